The Kier molecular flexibility index (Phi) is 18.9. The molecule has 0 aromatic carbocycles. The van der Waals surface area contributed by atoms with E-state index in [4.69, 9.17) is 37.6 Å². The third-order valence-corrected chi connectivity index (χ3v) is 15.7. The van der Waals surface area contributed by atoms with E-state index in [1.165, 1.54) is 28.4 Å². The molecule has 294 valence electrons. The first kappa shape index (κ1) is 46.8. The van der Waals surface area contributed by atoms with Gasteiger partial charge in [-0.1, -0.05) is 54.5 Å². The standard InChI is InChI=1S/C37H70O12Si/c1-16-26(22-48-50(14,15)35(4,5)6)17-24(2)29(38)18-27(43-10)21-32(39)36(7,8)37(41)25(3)30(44-11)19-28(49-37)20-31(45-12)33(34(40)46-13)47-23-42-9/h17,25-28,30-33,39,41H,16,18-23H2,1-15H3/b24-17-/t25-,26?,27-,28-,30-,31-,32+,33+,37?/m0/s1. The van der Waals surface area contributed by atoms with Crippen molar-refractivity contribution in [3.8, 4) is 0 Å². The fourth-order valence-electron chi connectivity index (χ4n) is 6.17. The summed E-state index contributed by atoms with van der Waals surface area (Å²) in [7, 11) is 5.29. The van der Waals surface area contributed by atoms with Crippen molar-refractivity contribution in [3.05, 3.63) is 11.6 Å². The number of aliphatic hydroxyl groups excluding tert-OH is 1. The van der Waals surface area contributed by atoms with Crippen LogP contribution in [-0.2, 0) is 47.2 Å². The van der Waals surface area contributed by atoms with Gasteiger partial charge in [-0.3, -0.25) is 4.79 Å². The van der Waals surface area contributed by atoms with Crippen molar-refractivity contribution in [2.75, 3.05) is 48.9 Å². The predicted molar refractivity (Wildman–Crippen MR) is 194 cm³/mol. The molecule has 2 unspecified atom stereocenters. The van der Waals surface area contributed by atoms with Gasteiger partial charge < -0.3 is 47.8 Å². The Morgan fingerprint density at radius 1 is 1.06 bits per heavy atom. The molecule has 0 radical (unpaired) electrons. The van der Waals surface area contributed by atoms with Crippen LogP contribution in [0.25, 0.3) is 0 Å². The Bertz CT molecular complexity index is 1070. The molecule has 1 aliphatic heterocycles. The summed E-state index contributed by atoms with van der Waals surface area (Å²) in [6, 6.07) is 0. The maximum atomic E-state index is 13.4. The Morgan fingerprint density at radius 2 is 1.68 bits per heavy atom. The van der Waals surface area contributed by atoms with E-state index in [1.54, 1.807) is 21.0 Å². The highest BCUT2D eigenvalue weighted by molar-refractivity contribution is 6.74. The summed E-state index contributed by atoms with van der Waals surface area (Å²) in [5.74, 6) is -3.04. The van der Waals surface area contributed by atoms with E-state index < -0.39 is 68.0 Å². The predicted octanol–water partition coefficient (Wildman–Crippen LogP) is 5.43. The average Bonchev–Trinajstić information content (AvgIpc) is 3.05. The van der Waals surface area contributed by atoms with Crippen LogP contribution >= 0.6 is 0 Å². The number of ketones is 1. The number of allylic oxidation sites excluding steroid dienone is 1. The molecule has 0 saturated carbocycles. The first-order valence-corrected chi connectivity index (χ1v) is 20.7. The second-order valence-electron chi connectivity index (χ2n) is 15.8. The molecule has 1 heterocycles. The fourth-order valence-corrected chi connectivity index (χ4v) is 7.23. The largest absolute Gasteiger partial charge is 0.467 e. The zero-order valence-corrected chi connectivity index (χ0v) is 34.6. The van der Waals surface area contributed by atoms with Gasteiger partial charge in [0.25, 0.3) is 0 Å². The molecule has 1 fully saturated rings. The molecule has 0 spiro atoms. The van der Waals surface area contributed by atoms with Crippen LogP contribution in [0.2, 0.25) is 18.1 Å². The van der Waals surface area contributed by atoms with Crippen LogP contribution in [-0.4, -0.2) is 122 Å². The lowest BCUT2D eigenvalue weighted by Crippen LogP contribution is -2.64. The van der Waals surface area contributed by atoms with Crippen LogP contribution < -0.4 is 0 Å². The van der Waals surface area contributed by atoms with Crippen LogP contribution in [0.4, 0.5) is 0 Å². The number of ether oxygens (including phenoxy) is 7. The number of Topliss-reactive ketones (excluding diaryl/α,β-unsaturated/α-hetero) is 1. The van der Waals surface area contributed by atoms with Gasteiger partial charge >= 0.3 is 5.97 Å². The molecule has 1 aliphatic rings. The normalized spacial score (nSPS) is 25.5. The van der Waals surface area contributed by atoms with Crippen LogP contribution in [0.3, 0.4) is 0 Å². The lowest BCUT2D eigenvalue weighted by Gasteiger charge is -2.55. The minimum atomic E-state index is -1.93. The summed E-state index contributed by atoms with van der Waals surface area (Å²) >= 11 is 0. The molecule has 0 amide bonds. The van der Waals surface area contributed by atoms with Gasteiger partial charge in [0, 0.05) is 72.1 Å². The molecule has 9 atom stereocenters. The lowest BCUT2D eigenvalue weighted by atomic mass is 9.67. The Labute approximate surface area is 303 Å². The smallest absolute Gasteiger partial charge is 0.337 e. The van der Waals surface area contributed by atoms with Crippen molar-refractivity contribution >= 4 is 20.1 Å². The van der Waals surface area contributed by atoms with E-state index in [1.807, 2.05) is 19.9 Å². The van der Waals surface area contributed by atoms with Gasteiger partial charge in [-0.05, 0) is 43.0 Å². The molecular formula is C37H70O12Si. The zero-order chi connectivity index (χ0) is 38.7. The Balaban J connectivity index is 3.16. The zero-order valence-electron chi connectivity index (χ0n) is 33.6. The van der Waals surface area contributed by atoms with Gasteiger partial charge in [0.1, 0.15) is 6.79 Å². The van der Waals surface area contributed by atoms with Crippen molar-refractivity contribution in [1.82, 2.24) is 0 Å². The first-order valence-electron chi connectivity index (χ1n) is 17.8. The Hall–Kier alpha value is -1.26. The van der Waals surface area contributed by atoms with Crippen molar-refractivity contribution in [3.63, 3.8) is 0 Å². The number of esters is 1. The minimum absolute atomic E-state index is 0.0650. The average molecular weight is 735 g/mol. The van der Waals surface area contributed by atoms with Gasteiger partial charge in [0.2, 0.25) is 0 Å². The maximum absolute atomic E-state index is 13.4. The Morgan fingerprint density at radius 3 is 2.16 bits per heavy atom. The maximum Gasteiger partial charge on any atom is 0.337 e. The van der Waals surface area contributed by atoms with Crippen molar-refractivity contribution in [2.45, 2.75) is 148 Å². The van der Waals surface area contributed by atoms with Crippen molar-refractivity contribution in [2.24, 2.45) is 17.3 Å². The number of hydrogen-bond donors (Lipinski definition) is 2. The van der Waals surface area contributed by atoms with E-state index in [0.29, 0.717) is 18.6 Å². The number of carbonyl (C=O) groups is 2. The highest BCUT2D eigenvalue weighted by Crippen LogP contribution is 2.49. The highest BCUT2D eigenvalue weighted by Gasteiger charge is 2.59. The fraction of sp³-hybridized carbons (Fsp3) is 0.892. The molecular weight excluding hydrogens is 664 g/mol. The third kappa shape index (κ3) is 12.1. The summed E-state index contributed by atoms with van der Waals surface area (Å²) in [5, 5.41) is 24.1. The van der Waals surface area contributed by atoms with Crippen LogP contribution in [0, 0.1) is 17.3 Å². The summed E-state index contributed by atoms with van der Waals surface area (Å²) in [6.07, 6.45) is -1.22. The van der Waals surface area contributed by atoms with E-state index in [-0.39, 0.29) is 42.8 Å². The molecule has 0 aliphatic carbocycles. The van der Waals surface area contributed by atoms with E-state index in [9.17, 15) is 19.8 Å². The monoisotopic (exact) mass is 734 g/mol. The van der Waals surface area contributed by atoms with Gasteiger partial charge in [-0.25, -0.2) is 4.79 Å². The number of aliphatic hydroxyl groups is 2. The van der Waals surface area contributed by atoms with E-state index in [0.717, 1.165) is 6.42 Å². The van der Waals surface area contributed by atoms with Gasteiger partial charge in [-0.2, -0.15) is 0 Å². The quantitative estimate of drug-likeness (QED) is 0.0633. The number of methoxy groups -OCH3 is 5. The number of hydrogen-bond acceptors (Lipinski definition) is 12. The van der Waals surface area contributed by atoms with Crippen LogP contribution in [0.15, 0.2) is 11.6 Å². The van der Waals surface area contributed by atoms with Crippen molar-refractivity contribution in [1.29, 1.82) is 0 Å². The molecule has 50 heavy (non-hydrogen) atoms. The van der Waals surface area contributed by atoms with E-state index in [2.05, 4.69) is 40.8 Å². The molecule has 13 heteroatoms. The van der Waals surface area contributed by atoms with Crippen LogP contribution in [0.1, 0.15) is 87.5 Å². The topological polar surface area (TPSA) is 148 Å². The SMILES string of the molecule is CCC(/C=C(/C)C(=O)C[C@@H](C[C@@H](O)C(C)(C)C1(O)O[C@H](C[C@H](OC)[C@@H](OCOC)C(=O)OC)C[C@H](OC)[C@@H]1C)OC)CO[Si](C)(C)C(C)(C)C. The van der Waals surface area contributed by atoms with Crippen molar-refractivity contribution < 1.29 is 57.4 Å². The summed E-state index contributed by atoms with van der Waals surface area (Å²) in [4.78, 5) is 26.0. The highest BCUT2D eigenvalue weighted by atomic mass is 28.4. The van der Waals surface area contributed by atoms with Crippen LogP contribution in [0.5, 0.6) is 0 Å². The van der Waals surface area contributed by atoms with Gasteiger partial charge in [-0.15, -0.1) is 0 Å². The number of rotatable bonds is 22. The summed E-state index contributed by atoms with van der Waals surface area (Å²) < 4.78 is 45.5. The molecule has 1 rings (SSSR count). The lowest BCUT2D eigenvalue weighted by molar-refractivity contribution is -0.365. The third-order valence-electron chi connectivity index (χ3n) is 11.2. The van der Waals surface area contributed by atoms with E-state index >= 15 is 0 Å². The molecule has 0 aromatic rings. The molecule has 0 bridgehead atoms. The minimum Gasteiger partial charge on any atom is -0.467 e. The molecule has 1 saturated heterocycles. The number of carbonyl (C=O) groups excluding carboxylic acids is 2. The first-order chi connectivity index (χ1) is 23.1. The summed E-state index contributed by atoms with van der Waals surface area (Å²) in [5.41, 5.74) is -0.620. The molecule has 2 N–H and O–H groups in total. The summed E-state index contributed by atoms with van der Waals surface area (Å²) in [6.45, 7) is 20.6. The van der Waals surface area contributed by atoms with Gasteiger partial charge in [0.05, 0.1) is 37.6 Å². The second kappa shape index (κ2) is 20.3. The molecule has 12 nitrogen and oxygen atoms in total. The molecule has 0 aromatic heterocycles. The van der Waals surface area contributed by atoms with Gasteiger partial charge in [0.15, 0.2) is 26.0 Å². The second-order valence-corrected chi connectivity index (χ2v) is 20.6.